The third kappa shape index (κ3) is 6.70. The van der Waals surface area contributed by atoms with Crippen molar-refractivity contribution in [1.82, 2.24) is 5.32 Å². The van der Waals surface area contributed by atoms with E-state index >= 15 is 0 Å². The van der Waals surface area contributed by atoms with Gasteiger partial charge in [-0.3, -0.25) is 14.4 Å². The first-order chi connectivity index (χ1) is 15.5. The van der Waals surface area contributed by atoms with Gasteiger partial charge in [0.1, 0.15) is 5.75 Å². The van der Waals surface area contributed by atoms with Gasteiger partial charge >= 0.3 is 0 Å². The Labute approximate surface area is 186 Å². The van der Waals surface area contributed by atoms with Gasteiger partial charge in [0, 0.05) is 24.2 Å². The van der Waals surface area contributed by atoms with Crippen LogP contribution in [0.15, 0.2) is 78.9 Å². The molecule has 0 fully saturated rings. The summed E-state index contributed by atoms with van der Waals surface area (Å²) in [4.78, 5) is 36.5. The van der Waals surface area contributed by atoms with Crippen molar-refractivity contribution in [3.8, 4) is 5.75 Å². The van der Waals surface area contributed by atoms with Crippen molar-refractivity contribution in [3.05, 3.63) is 90.0 Å². The predicted octanol–water partition coefficient (Wildman–Crippen LogP) is 3.64. The molecule has 0 spiro atoms. The Bertz CT molecular complexity index is 1070. The van der Waals surface area contributed by atoms with Crippen molar-refractivity contribution in [1.29, 1.82) is 0 Å². The van der Waals surface area contributed by atoms with Gasteiger partial charge in [0.05, 0.1) is 19.2 Å². The minimum absolute atomic E-state index is 0.130. The van der Waals surface area contributed by atoms with Crippen molar-refractivity contribution in [2.24, 2.45) is 0 Å². The van der Waals surface area contributed by atoms with Gasteiger partial charge < -0.3 is 20.7 Å². The number of methoxy groups -OCH3 is 1. The summed E-state index contributed by atoms with van der Waals surface area (Å²) in [5, 5.41) is 8.30. The summed E-state index contributed by atoms with van der Waals surface area (Å²) in [5.74, 6) is -0.0697. The Hall–Kier alpha value is -4.13. The number of carbonyl (C=O) groups excluding carboxylic acids is 3. The molecule has 0 radical (unpaired) electrons. The average Bonchev–Trinajstić information content (AvgIpc) is 2.80. The molecule has 164 valence electrons. The first-order valence-electron chi connectivity index (χ1n) is 10.2. The largest absolute Gasteiger partial charge is 0.495 e. The van der Waals surface area contributed by atoms with Crippen molar-refractivity contribution in [2.45, 2.75) is 12.8 Å². The molecular weight excluding hydrogens is 406 g/mol. The standard InChI is InChI=1S/C25H25N3O4/c1-32-22-10-6-5-9-21(22)28-25(31)19-11-13-20(14-12-19)27-23(29)15-16-26-24(30)17-18-7-3-2-4-8-18/h2-14H,15-17H2,1H3,(H,26,30)(H,27,29)(H,28,31). The Balaban J connectivity index is 1.44. The molecule has 7 nitrogen and oxygen atoms in total. The Morgan fingerprint density at radius 2 is 1.47 bits per heavy atom. The molecule has 3 aromatic rings. The van der Waals surface area contributed by atoms with Gasteiger partial charge in [0.25, 0.3) is 5.91 Å². The number of anilines is 2. The van der Waals surface area contributed by atoms with Gasteiger partial charge in [-0.1, -0.05) is 42.5 Å². The summed E-state index contributed by atoms with van der Waals surface area (Å²) in [6.45, 7) is 0.247. The predicted molar refractivity (Wildman–Crippen MR) is 124 cm³/mol. The maximum Gasteiger partial charge on any atom is 0.255 e. The van der Waals surface area contributed by atoms with Crippen LogP contribution in [0.5, 0.6) is 5.75 Å². The fraction of sp³-hybridized carbons (Fsp3) is 0.160. The molecule has 0 bridgehead atoms. The Kier molecular flexibility index (Phi) is 7.97. The molecule has 3 N–H and O–H groups in total. The van der Waals surface area contributed by atoms with Crippen LogP contribution in [-0.4, -0.2) is 31.4 Å². The lowest BCUT2D eigenvalue weighted by atomic mass is 10.1. The lowest BCUT2D eigenvalue weighted by Gasteiger charge is -2.10. The second kappa shape index (κ2) is 11.3. The highest BCUT2D eigenvalue weighted by Crippen LogP contribution is 2.23. The van der Waals surface area contributed by atoms with Gasteiger partial charge in [0.2, 0.25) is 11.8 Å². The minimum atomic E-state index is -0.284. The quantitative estimate of drug-likeness (QED) is 0.482. The van der Waals surface area contributed by atoms with Crippen molar-refractivity contribution < 1.29 is 19.1 Å². The molecule has 0 aliphatic carbocycles. The molecule has 3 aromatic carbocycles. The van der Waals surface area contributed by atoms with Crippen LogP contribution in [0.1, 0.15) is 22.3 Å². The van der Waals surface area contributed by atoms with E-state index in [4.69, 9.17) is 4.74 Å². The second-order valence-corrected chi connectivity index (χ2v) is 7.04. The van der Waals surface area contributed by atoms with Crippen molar-refractivity contribution >= 4 is 29.1 Å². The van der Waals surface area contributed by atoms with Crippen LogP contribution in [0, 0.1) is 0 Å². The first-order valence-corrected chi connectivity index (χ1v) is 10.2. The third-order valence-electron chi connectivity index (χ3n) is 4.67. The molecule has 7 heteroatoms. The molecule has 0 aliphatic heterocycles. The molecule has 0 unspecified atom stereocenters. The van der Waals surface area contributed by atoms with Gasteiger partial charge in [-0.25, -0.2) is 0 Å². The van der Waals surface area contributed by atoms with Crippen LogP contribution < -0.4 is 20.7 Å². The topological polar surface area (TPSA) is 96.5 Å². The average molecular weight is 431 g/mol. The van der Waals surface area contributed by atoms with E-state index in [1.807, 2.05) is 36.4 Å². The molecule has 0 saturated carbocycles. The van der Waals surface area contributed by atoms with E-state index in [-0.39, 0.29) is 37.1 Å². The van der Waals surface area contributed by atoms with Crippen LogP contribution in [0.2, 0.25) is 0 Å². The maximum absolute atomic E-state index is 12.5. The fourth-order valence-corrected chi connectivity index (χ4v) is 3.03. The number of hydrogen-bond acceptors (Lipinski definition) is 4. The van der Waals surface area contributed by atoms with Crippen molar-refractivity contribution in [3.63, 3.8) is 0 Å². The van der Waals surface area contributed by atoms with Gasteiger partial charge in [-0.2, -0.15) is 0 Å². The third-order valence-corrected chi connectivity index (χ3v) is 4.67. The molecule has 32 heavy (non-hydrogen) atoms. The number of para-hydroxylation sites is 2. The normalized spacial score (nSPS) is 10.2. The van der Waals surface area contributed by atoms with Crippen LogP contribution in [-0.2, 0) is 16.0 Å². The molecule has 0 aromatic heterocycles. The van der Waals surface area contributed by atoms with E-state index in [1.165, 1.54) is 7.11 Å². The van der Waals surface area contributed by atoms with Gasteiger partial charge in [0.15, 0.2) is 0 Å². The summed E-state index contributed by atoms with van der Waals surface area (Å²) < 4.78 is 5.23. The zero-order chi connectivity index (χ0) is 22.8. The van der Waals surface area contributed by atoms with E-state index in [0.29, 0.717) is 22.7 Å². The number of nitrogens with one attached hydrogen (secondary N) is 3. The number of benzene rings is 3. The summed E-state index contributed by atoms with van der Waals surface area (Å²) in [5.41, 5.74) is 2.51. The SMILES string of the molecule is COc1ccccc1NC(=O)c1ccc(NC(=O)CCNC(=O)Cc2ccccc2)cc1. The van der Waals surface area contributed by atoms with E-state index < -0.39 is 0 Å². The van der Waals surface area contributed by atoms with Crippen LogP contribution in [0.3, 0.4) is 0 Å². The highest BCUT2D eigenvalue weighted by Gasteiger charge is 2.10. The number of hydrogen-bond donors (Lipinski definition) is 3. The number of amides is 3. The summed E-state index contributed by atoms with van der Waals surface area (Å²) >= 11 is 0. The molecule has 3 rings (SSSR count). The second-order valence-electron chi connectivity index (χ2n) is 7.04. The molecule has 3 amide bonds. The lowest BCUT2D eigenvalue weighted by Crippen LogP contribution is -2.28. The maximum atomic E-state index is 12.5. The van der Waals surface area contributed by atoms with E-state index in [0.717, 1.165) is 5.56 Å². The zero-order valence-corrected chi connectivity index (χ0v) is 17.8. The summed E-state index contributed by atoms with van der Waals surface area (Å²) in [6, 6.07) is 23.1. The Morgan fingerprint density at radius 1 is 0.781 bits per heavy atom. The van der Waals surface area contributed by atoms with E-state index in [1.54, 1.807) is 42.5 Å². The smallest absolute Gasteiger partial charge is 0.255 e. The Morgan fingerprint density at radius 3 is 2.19 bits per heavy atom. The number of ether oxygens (including phenoxy) is 1. The number of rotatable bonds is 9. The highest BCUT2D eigenvalue weighted by atomic mass is 16.5. The van der Waals surface area contributed by atoms with E-state index in [9.17, 15) is 14.4 Å². The minimum Gasteiger partial charge on any atom is -0.495 e. The molecule has 0 saturated heterocycles. The lowest BCUT2D eigenvalue weighted by molar-refractivity contribution is -0.120. The van der Waals surface area contributed by atoms with Crippen LogP contribution in [0.4, 0.5) is 11.4 Å². The van der Waals surface area contributed by atoms with Gasteiger partial charge in [-0.05, 0) is 42.0 Å². The van der Waals surface area contributed by atoms with Gasteiger partial charge in [-0.15, -0.1) is 0 Å². The molecule has 0 atom stereocenters. The summed E-state index contributed by atoms with van der Waals surface area (Å²) in [7, 11) is 1.54. The highest BCUT2D eigenvalue weighted by molar-refractivity contribution is 6.05. The number of carbonyl (C=O) groups is 3. The molecule has 0 aliphatic rings. The van der Waals surface area contributed by atoms with Crippen LogP contribution >= 0.6 is 0 Å². The first kappa shape index (κ1) is 22.6. The van der Waals surface area contributed by atoms with E-state index in [2.05, 4.69) is 16.0 Å². The van der Waals surface area contributed by atoms with Crippen LogP contribution in [0.25, 0.3) is 0 Å². The molecule has 0 heterocycles. The zero-order valence-electron chi connectivity index (χ0n) is 17.8. The van der Waals surface area contributed by atoms with Crippen molar-refractivity contribution in [2.75, 3.05) is 24.3 Å². The fourth-order valence-electron chi connectivity index (χ4n) is 3.03. The monoisotopic (exact) mass is 431 g/mol. The summed E-state index contributed by atoms with van der Waals surface area (Å²) in [6.07, 6.45) is 0.428. The molecular formula is C25H25N3O4.